The number of rotatable bonds is 8. The lowest BCUT2D eigenvalue weighted by molar-refractivity contribution is -0.139. The molecule has 0 amide bonds. The topological polar surface area (TPSA) is 99.6 Å². The summed E-state index contributed by atoms with van der Waals surface area (Å²) in [4.78, 5) is 34.3. The molecule has 9 heteroatoms. The minimum atomic E-state index is -0.452. The summed E-state index contributed by atoms with van der Waals surface area (Å²) in [7, 11) is 1.31. The average molecular weight is 478 g/mol. The molecule has 174 valence electrons. The fourth-order valence-electron chi connectivity index (χ4n) is 3.31. The van der Waals surface area contributed by atoms with Gasteiger partial charge in [0.1, 0.15) is 39.3 Å². The van der Waals surface area contributed by atoms with Gasteiger partial charge >= 0.3 is 11.9 Å². The molecule has 2 aromatic carbocycles. The van der Waals surface area contributed by atoms with Crippen LogP contribution in [0.5, 0.6) is 11.5 Å². The van der Waals surface area contributed by atoms with E-state index < -0.39 is 11.9 Å². The molecular formula is C25H23N3O5S. The summed E-state index contributed by atoms with van der Waals surface area (Å²) in [5, 5.41) is 3.99. The fourth-order valence-corrected chi connectivity index (χ4v) is 4.41. The lowest BCUT2D eigenvalue weighted by atomic mass is 10.2. The van der Waals surface area contributed by atoms with Crippen LogP contribution in [0.4, 0.5) is 11.5 Å². The summed E-state index contributed by atoms with van der Waals surface area (Å²) in [6, 6.07) is 16.9. The molecule has 0 aliphatic heterocycles. The minimum Gasteiger partial charge on any atom is -0.469 e. The molecule has 0 radical (unpaired) electrons. The van der Waals surface area contributed by atoms with Crippen LogP contribution in [-0.4, -0.2) is 35.6 Å². The third-order valence-electron chi connectivity index (χ3n) is 4.92. The first-order valence-electron chi connectivity index (χ1n) is 10.6. The number of benzene rings is 2. The molecule has 2 heterocycles. The standard InChI is InChI=1S/C25H23N3O5S/c1-4-32-25(30)22-15(2)21-23(27-19(14-20(29)31-3)28-24(21)34-22)26-16-10-12-18(13-11-16)33-17-8-6-5-7-9-17/h5-13H,4,14H2,1-3H3,(H,26,27,28). The van der Waals surface area contributed by atoms with E-state index in [1.54, 1.807) is 6.92 Å². The molecule has 0 unspecified atom stereocenters. The van der Waals surface area contributed by atoms with Gasteiger partial charge in [-0.1, -0.05) is 18.2 Å². The number of nitrogens with zero attached hydrogens (tertiary/aromatic N) is 2. The first-order chi connectivity index (χ1) is 16.5. The van der Waals surface area contributed by atoms with Gasteiger partial charge in [-0.15, -0.1) is 11.3 Å². The van der Waals surface area contributed by atoms with Crippen LogP contribution in [0.25, 0.3) is 10.2 Å². The Labute approximate surface area is 200 Å². The fraction of sp³-hybridized carbons (Fsp3) is 0.200. The number of nitrogens with one attached hydrogen (secondary N) is 1. The third-order valence-corrected chi connectivity index (χ3v) is 6.09. The van der Waals surface area contributed by atoms with E-state index in [1.807, 2.05) is 61.5 Å². The normalized spacial score (nSPS) is 10.7. The Morgan fingerprint density at radius 2 is 1.71 bits per heavy atom. The second kappa shape index (κ2) is 10.3. The van der Waals surface area contributed by atoms with E-state index in [1.165, 1.54) is 18.4 Å². The van der Waals surface area contributed by atoms with Crippen LogP contribution in [0.1, 0.15) is 28.0 Å². The smallest absolute Gasteiger partial charge is 0.348 e. The number of thiophene rings is 1. The van der Waals surface area contributed by atoms with Gasteiger partial charge in [-0.25, -0.2) is 14.8 Å². The second-order valence-electron chi connectivity index (χ2n) is 7.26. The molecule has 0 aliphatic rings. The van der Waals surface area contributed by atoms with Crippen molar-refractivity contribution in [2.75, 3.05) is 19.0 Å². The van der Waals surface area contributed by atoms with Gasteiger partial charge in [0.15, 0.2) is 0 Å². The van der Waals surface area contributed by atoms with Gasteiger partial charge in [-0.2, -0.15) is 0 Å². The van der Waals surface area contributed by atoms with Crippen LogP contribution in [0.15, 0.2) is 54.6 Å². The van der Waals surface area contributed by atoms with Gasteiger partial charge in [-0.05, 0) is 55.8 Å². The number of aromatic nitrogens is 2. The van der Waals surface area contributed by atoms with Gasteiger partial charge in [0.05, 0.1) is 19.1 Å². The number of para-hydroxylation sites is 1. The molecule has 1 N–H and O–H groups in total. The van der Waals surface area contributed by atoms with Crippen molar-refractivity contribution in [3.05, 3.63) is 70.9 Å². The zero-order valence-corrected chi connectivity index (χ0v) is 19.8. The number of hydrogen-bond acceptors (Lipinski definition) is 9. The maximum atomic E-state index is 12.4. The summed E-state index contributed by atoms with van der Waals surface area (Å²) < 4.78 is 15.8. The van der Waals surface area contributed by atoms with Gasteiger partial charge in [0, 0.05) is 5.69 Å². The van der Waals surface area contributed by atoms with Crippen LogP contribution < -0.4 is 10.1 Å². The number of fused-ring (bicyclic) bond motifs is 1. The molecule has 4 rings (SSSR count). The van der Waals surface area contributed by atoms with E-state index in [2.05, 4.69) is 15.3 Å². The molecule has 4 aromatic rings. The van der Waals surface area contributed by atoms with E-state index in [9.17, 15) is 9.59 Å². The highest BCUT2D eigenvalue weighted by Crippen LogP contribution is 2.36. The van der Waals surface area contributed by atoms with Crippen molar-refractivity contribution in [1.82, 2.24) is 9.97 Å². The molecule has 34 heavy (non-hydrogen) atoms. The van der Waals surface area contributed by atoms with E-state index in [4.69, 9.17) is 14.2 Å². The minimum absolute atomic E-state index is 0.0866. The first kappa shape index (κ1) is 23.2. The summed E-state index contributed by atoms with van der Waals surface area (Å²) in [6.45, 7) is 3.86. The Bertz CT molecular complexity index is 1320. The number of ether oxygens (including phenoxy) is 3. The molecule has 0 saturated carbocycles. The third kappa shape index (κ3) is 5.15. The lowest BCUT2D eigenvalue weighted by Gasteiger charge is -2.11. The number of aryl methyl sites for hydroxylation is 1. The Morgan fingerprint density at radius 1 is 1.00 bits per heavy atom. The molecule has 0 fully saturated rings. The number of anilines is 2. The monoisotopic (exact) mass is 477 g/mol. The average Bonchev–Trinajstić information content (AvgIpc) is 3.17. The highest BCUT2D eigenvalue weighted by Gasteiger charge is 2.22. The molecule has 0 atom stereocenters. The maximum absolute atomic E-state index is 12.4. The van der Waals surface area contributed by atoms with Gasteiger partial charge in [0.2, 0.25) is 0 Å². The SMILES string of the molecule is CCOC(=O)c1sc2nc(CC(=O)OC)nc(Nc3ccc(Oc4ccccc4)cc3)c2c1C. The Hall–Kier alpha value is -3.98. The predicted octanol–water partition coefficient (Wildman–Crippen LogP) is 5.43. The Morgan fingerprint density at radius 3 is 2.38 bits per heavy atom. The van der Waals surface area contributed by atoms with Crippen molar-refractivity contribution in [3.63, 3.8) is 0 Å². The summed E-state index contributed by atoms with van der Waals surface area (Å²) in [5.74, 6) is 1.35. The van der Waals surface area contributed by atoms with Crippen molar-refractivity contribution in [1.29, 1.82) is 0 Å². The van der Waals surface area contributed by atoms with Gasteiger partial charge < -0.3 is 19.5 Å². The van der Waals surface area contributed by atoms with Crippen LogP contribution in [0.3, 0.4) is 0 Å². The largest absolute Gasteiger partial charge is 0.469 e. The summed E-state index contributed by atoms with van der Waals surface area (Å²) in [6.07, 6.45) is -0.0866. The molecule has 0 spiro atoms. The van der Waals surface area contributed by atoms with Crippen molar-refractivity contribution in [3.8, 4) is 11.5 Å². The Kier molecular flexibility index (Phi) is 7.03. The number of methoxy groups -OCH3 is 1. The molecule has 0 saturated heterocycles. The zero-order chi connectivity index (χ0) is 24.1. The highest BCUT2D eigenvalue weighted by molar-refractivity contribution is 7.20. The molecule has 8 nitrogen and oxygen atoms in total. The van der Waals surface area contributed by atoms with Crippen LogP contribution >= 0.6 is 11.3 Å². The highest BCUT2D eigenvalue weighted by atomic mass is 32.1. The lowest BCUT2D eigenvalue weighted by Crippen LogP contribution is -2.09. The van der Waals surface area contributed by atoms with E-state index in [0.717, 1.165) is 17.0 Å². The quantitative estimate of drug-likeness (QED) is 0.336. The summed E-state index contributed by atoms with van der Waals surface area (Å²) >= 11 is 1.21. The van der Waals surface area contributed by atoms with E-state index in [0.29, 0.717) is 32.5 Å². The van der Waals surface area contributed by atoms with Crippen LogP contribution in [0.2, 0.25) is 0 Å². The van der Waals surface area contributed by atoms with Gasteiger partial charge in [-0.3, -0.25) is 4.79 Å². The second-order valence-corrected chi connectivity index (χ2v) is 8.26. The maximum Gasteiger partial charge on any atom is 0.348 e. The number of carbonyl (C=O) groups excluding carboxylic acids is 2. The number of carbonyl (C=O) groups is 2. The number of hydrogen-bond donors (Lipinski definition) is 1. The molecule has 0 aliphatic carbocycles. The van der Waals surface area contributed by atoms with Crippen molar-refractivity contribution < 1.29 is 23.8 Å². The first-order valence-corrected chi connectivity index (χ1v) is 11.4. The van der Waals surface area contributed by atoms with Crippen molar-refractivity contribution in [2.45, 2.75) is 20.3 Å². The van der Waals surface area contributed by atoms with Crippen LogP contribution in [-0.2, 0) is 20.7 Å². The van der Waals surface area contributed by atoms with E-state index in [-0.39, 0.29) is 13.0 Å². The van der Waals surface area contributed by atoms with Crippen LogP contribution in [0, 0.1) is 6.92 Å². The van der Waals surface area contributed by atoms with Crippen molar-refractivity contribution >= 4 is 45.0 Å². The van der Waals surface area contributed by atoms with Gasteiger partial charge in [0.25, 0.3) is 0 Å². The molecular weight excluding hydrogens is 454 g/mol. The molecule has 0 bridgehead atoms. The summed E-state index contributed by atoms with van der Waals surface area (Å²) in [5.41, 5.74) is 1.47. The van der Waals surface area contributed by atoms with E-state index >= 15 is 0 Å². The number of esters is 2. The Balaban J connectivity index is 1.68. The zero-order valence-electron chi connectivity index (χ0n) is 19.0. The predicted molar refractivity (Wildman–Crippen MR) is 130 cm³/mol. The molecule has 2 aromatic heterocycles. The van der Waals surface area contributed by atoms with Crippen molar-refractivity contribution in [2.24, 2.45) is 0 Å².